The Bertz CT molecular complexity index is 560. The molecule has 5 nitrogen and oxygen atoms in total. The summed E-state index contributed by atoms with van der Waals surface area (Å²) < 4.78 is 16.4. The molecule has 2 heterocycles. The first-order valence-electron chi connectivity index (χ1n) is 6.46. The molecule has 6 heteroatoms. The van der Waals surface area contributed by atoms with Crippen LogP contribution in [-0.4, -0.2) is 31.0 Å². The first kappa shape index (κ1) is 13.3. The zero-order valence-corrected chi connectivity index (χ0v) is 12.0. The molecular weight excluding hydrogens is 276 g/mol. The standard InChI is InChI=1S/C14H16N2O3S/c1-15-11(9-20-14-16-4-5-19-14)10-2-3-12-13(8-10)18-7-6-17-12/h2-5,8,11,15H,6-7,9H2,1H3. The lowest BCUT2D eigenvalue weighted by atomic mass is 10.1. The maximum Gasteiger partial charge on any atom is 0.255 e. The summed E-state index contributed by atoms with van der Waals surface area (Å²) in [6.45, 7) is 1.22. The van der Waals surface area contributed by atoms with Gasteiger partial charge in [-0.15, -0.1) is 0 Å². The highest BCUT2D eigenvalue weighted by Gasteiger charge is 2.16. The third kappa shape index (κ3) is 2.91. The zero-order valence-electron chi connectivity index (χ0n) is 11.2. The number of aromatic nitrogens is 1. The fourth-order valence-electron chi connectivity index (χ4n) is 2.06. The van der Waals surface area contributed by atoms with E-state index in [1.807, 2.05) is 19.2 Å². The highest BCUT2D eigenvalue weighted by atomic mass is 32.2. The molecule has 0 bridgehead atoms. The summed E-state index contributed by atoms with van der Waals surface area (Å²) >= 11 is 1.58. The predicted molar refractivity (Wildman–Crippen MR) is 76.5 cm³/mol. The van der Waals surface area contributed by atoms with E-state index in [0.29, 0.717) is 18.4 Å². The van der Waals surface area contributed by atoms with Crippen molar-refractivity contribution in [3.8, 4) is 11.5 Å². The highest BCUT2D eigenvalue weighted by Crippen LogP contribution is 2.33. The van der Waals surface area contributed by atoms with E-state index in [9.17, 15) is 0 Å². The second-order valence-corrected chi connectivity index (χ2v) is 5.32. The number of rotatable bonds is 5. The van der Waals surface area contributed by atoms with Gasteiger partial charge in [-0.25, -0.2) is 4.98 Å². The molecule has 2 aromatic rings. The number of fused-ring (bicyclic) bond motifs is 1. The quantitative estimate of drug-likeness (QED) is 0.855. The maximum absolute atomic E-state index is 5.62. The lowest BCUT2D eigenvalue weighted by Crippen LogP contribution is -2.20. The molecule has 0 radical (unpaired) electrons. The molecule has 1 aliphatic heterocycles. The summed E-state index contributed by atoms with van der Waals surface area (Å²) in [6.07, 6.45) is 3.24. The summed E-state index contributed by atoms with van der Waals surface area (Å²) in [4.78, 5) is 4.11. The van der Waals surface area contributed by atoms with E-state index in [1.54, 1.807) is 24.2 Å². The SMILES string of the molecule is CNC(CSc1ncco1)c1ccc2c(c1)OCCO2. The smallest absolute Gasteiger partial charge is 0.255 e. The third-order valence-corrected chi connectivity index (χ3v) is 4.05. The first-order chi connectivity index (χ1) is 9.86. The van der Waals surface area contributed by atoms with Crippen molar-refractivity contribution < 1.29 is 13.9 Å². The van der Waals surface area contributed by atoms with Crippen LogP contribution in [0.4, 0.5) is 0 Å². The minimum Gasteiger partial charge on any atom is -0.486 e. The topological polar surface area (TPSA) is 56.5 Å². The van der Waals surface area contributed by atoms with Gasteiger partial charge >= 0.3 is 0 Å². The molecule has 1 unspecified atom stereocenters. The summed E-state index contributed by atoms with van der Waals surface area (Å²) in [7, 11) is 1.94. The van der Waals surface area contributed by atoms with Gasteiger partial charge in [0, 0.05) is 11.8 Å². The average Bonchev–Trinajstić information content (AvgIpc) is 3.01. The van der Waals surface area contributed by atoms with E-state index in [2.05, 4.69) is 16.4 Å². The normalized spacial score (nSPS) is 15.1. The van der Waals surface area contributed by atoms with Crippen molar-refractivity contribution in [2.75, 3.05) is 26.0 Å². The predicted octanol–water partition coefficient (Wildman–Crippen LogP) is 2.50. The molecule has 1 atom stereocenters. The second kappa shape index (κ2) is 6.19. The van der Waals surface area contributed by atoms with Crippen LogP contribution in [0, 0.1) is 0 Å². The van der Waals surface area contributed by atoms with Crippen LogP contribution >= 0.6 is 11.8 Å². The Morgan fingerprint density at radius 2 is 2.15 bits per heavy atom. The van der Waals surface area contributed by atoms with Crippen molar-refractivity contribution >= 4 is 11.8 Å². The molecule has 1 aromatic carbocycles. The number of nitrogens with one attached hydrogen (secondary N) is 1. The third-order valence-electron chi connectivity index (χ3n) is 3.10. The lowest BCUT2D eigenvalue weighted by molar-refractivity contribution is 0.171. The first-order valence-corrected chi connectivity index (χ1v) is 7.44. The zero-order chi connectivity index (χ0) is 13.8. The van der Waals surface area contributed by atoms with Gasteiger partial charge in [0.05, 0.1) is 6.20 Å². The maximum atomic E-state index is 5.62. The van der Waals surface area contributed by atoms with Gasteiger partial charge in [0.25, 0.3) is 5.22 Å². The highest BCUT2D eigenvalue weighted by molar-refractivity contribution is 7.99. The van der Waals surface area contributed by atoms with Crippen molar-refractivity contribution in [1.82, 2.24) is 10.3 Å². The van der Waals surface area contributed by atoms with Gasteiger partial charge in [-0.1, -0.05) is 17.8 Å². The van der Waals surface area contributed by atoms with Crippen LogP contribution in [0.25, 0.3) is 0 Å². The van der Waals surface area contributed by atoms with Gasteiger partial charge in [-0.2, -0.15) is 0 Å². The van der Waals surface area contributed by atoms with Crippen molar-refractivity contribution in [2.45, 2.75) is 11.3 Å². The molecule has 0 aliphatic carbocycles. The molecule has 20 heavy (non-hydrogen) atoms. The Hall–Kier alpha value is -1.66. The number of benzene rings is 1. The number of nitrogens with zero attached hydrogens (tertiary/aromatic N) is 1. The Morgan fingerprint density at radius 1 is 1.30 bits per heavy atom. The number of thioether (sulfide) groups is 1. The summed E-state index contributed by atoms with van der Waals surface area (Å²) in [5.41, 5.74) is 1.16. The van der Waals surface area contributed by atoms with Gasteiger partial charge in [-0.05, 0) is 24.7 Å². The van der Waals surface area contributed by atoms with Crippen molar-refractivity contribution in [2.24, 2.45) is 0 Å². The molecule has 1 aliphatic rings. The van der Waals surface area contributed by atoms with Gasteiger partial charge in [0.1, 0.15) is 19.5 Å². The number of ether oxygens (including phenoxy) is 2. The number of hydrogen-bond acceptors (Lipinski definition) is 6. The van der Waals surface area contributed by atoms with Gasteiger partial charge in [-0.3, -0.25) is 0 Å². The van der Waals surface area contributed by atoms with E-state index in [1.165, 1.54) is 0 Å². The van der Waals surface area contributed by atoms with E-state index >= 15 is 0 Å². The van der Waals surface area contributed by atoms with Crippen LogP contribution in [0.1, 0.15) is 11.6 Å². The lowest BCUT2D eigenvalue weighted by Gasteiger charge is -2.21. The molecule has 1 N–H and O–H groups in total. The molecule has 0 amide bonds. The molecular formula is C14H16N2O3S. The molecule has 106 valence electrons. The molecule has 0 spiro atoms. The van der Waals surface area contributed by atoms with Crippen LogP contribution in [0.5, 0.6) is 11.5 Å². The van der Waals surface area contributed by atoms with E-state index in [4.69, 9.17) is 13.9 Å². The fourth-order valence-corrected chi connectivity index (χ4v) is 2.99. The van der Waals surface area contributed by atoms with Gasteiger partial charge in [0.15, 0.2) is 11.5 Å². The molecule has 0 saturated carbocycles. The van der Waals surface area contributed by atoms with E-state index in [-0.39, 0.29) is 6.04 Å². The minimum absolute atomic E-state index is 0.197. The minimum atomic E-state index is 0.197. The molecule has 0 fully saturated rings. The van der Waals surface area contributed by atoms with Crippen LogP contribution in [-0.2, 0) is 0 Å². The average molecular weight is 292 g/mol. The Labute approximate surface area is 121 Å². The van der Waals surface area contributed by atoms with Crippen molar-refractivity contribution in [3.05, 3.63) is 36.2 Å². The van der Waals surface area contributed by atoms with Crippen LogP contribution < -0.4 is 14.8 Å². The van der Waals surface area contributed by atoms with E-state index < -0.39 is 0 Å². The van der Waals surface area contributed by atoms with Gasteiger partial charge < -0.3 is 19.2 Å². The van der Waals surface area contributed by atoms with Crippen LogP contribution in [0.3, 0.4) is 0 Å². The monoisotopic (exact) mass is 292 g/mol. The Morgan fingerprint density at radius 3 is 2.90 bits per heavy atom. The molecule has 3 rings (SSSR count). The second-order valence-electron chi connectivity index (χ2n) is 4.35. The largest absolute Gasteiger partial charge is 0.486 e. The summed E-state index contributed by atoms with van der Waals surface area (Å²) in [5, 5.41) is 3.98. The number of oxazole rings is 1. The van der Waals surface area contributed by atoms with Crippen molar-refractivity contribution in [1.29, 1.82) is 0 Å². The number of hydrogen-bond donors (Lipinski definition) is 1. The summed E-state index contributed by atoms with van der Waals surface area (Å²) in [6, 6.07) is 6.25. The fraction of sp³-hybridized carbons (Fsp3) is 0.357. The Balaban J connectivity index is 1.71. The van der Waals surface area contributed by atoms with Crippen LogP contribution in [0.15, 0.2) is 40.3 Å². The molecule has 1 aromatic heterocycles. The molecule has 0 saturated heterocycles. The summed E-state index contributed by atoms with van der Waals surface area (Å²) in [5.74, 6) is 2.46. The van der Waals surface area contributed by atoms with Gasteiger partial charge in [0.2, 0.25) is 0 Å². The Kier molecular flexibility index (Phi) is 4.13. The van der Waals surface area contributed by atoms with Crippen LogP contribution in [0.2, 0.25) is 0 Å². The van der Waals surface area contributed by atoms with E-state index in [0.717, 1.165) is 22.8 Å². The van der Waals surface area contributed by atoms with Crippen molar-refractivity contribution in [3.63, 3.8) is 0 Å².